The second-order valence-corrected chi connectivity index (χ2v) is 17.5. The monoisotopic (exact) mass is 827 g/mol. The van der Waals surface area contributed by atoms with E-state index < -0.39 is 77.0 Å². The van der Waals surface area contributed by atoms with E-state index in [1.165, 1.54) is 18.9 Å². The number of carbonyl (C=O) groups is 4. The Morgan fingerprint density at radius 1 is 1.03 bits per heavy atom. The van der Waals surface area contributed by atoms with E-state index in [4.69, 9.17) is 29.4 Å². The van der Waals surface area contributed by atoms with E-state index in [1.807, 2.05) is 56.7 Å². The number of Topliss-reactive ketones (excluding diaryl/α,β-unsaturated/α-hetero) is 2. The predicted octanol–water partition coefficient (Wildman–Crippen LogP) is 5.45. The number of esters is 1. The number of amides is 1. The highest BCUT2D eigenvalue weighted by Gasteiger charge is 2.61. The van der Waals surface area contributed by atoms with Crippen LogP contribution < -0.4 is 5.73 Å². The maximum Gasteiger partial charge on any atom is 0.410 e. The lowest BCUT2D eigenvalue weighted by molar-refractivity contribution is -0.245. The highest BCUT2D eigenvalue weighted by atomic mass is 19.1. The Bertz CT molecular complexity index is 1820. The second-order valence-electron chi connectivity index (χ2n) is 17.5. The van der Waals surface area contributed by atoms with Crippen LogP contribution in [-0.2, 0) is 44.6 Å². The third kappa shape index (κ3) is 9.66. The number of aryl methyl sites for hydroxylation is 1. The minimum absolute atomic E-state index is 0.0141. The zero-order chi connectivity index (χ0) is 43.6. The quantitative estimate of drug-likeness (QED) is 0.131. The van der Waals surface area contributed by atoms with E-state index in [1.54, 1.807) is 45.4 Å². The molecule has 15 nitrogen and oxygen atoms in total. The number of unbranched alkanes of at least 4 members (excludes halogenated alkanes) is 1. The van der Waals surface area contributed by atoms with Crippen LogP contribution in [0.2, 0.25) is 0 Å². The van der Waals surface area contributed by atoms with Gasteiger partial charge in [-0.1, -0.05) is 45.0 Å². The third-order valence-corrected chi connectivity index (χ3v) is 12.6. The summed E-state index contributed by atoms with van der Waals surface area (Å²) in [5.41, 5.74) is 2.02. The van der Waals surface area contributed by atoms with Crippen molar-refractivity contribution in [2.24, 2.45) is 17.8 Å². The standard InChI is InChI=1S/C43H64FN6O9/c1-12-33-43(8)36(50(40(54)59-43)19-14-13-18-49-24-32(46-47-49)29-16-15-17-30(45)21-29)27(4)35(51)25(2)23-41(6,55-11)38(28(5)37(52)42(7,44)39(53)57-33)58-34-22-31(48(9)10)20-26(3)56-34/h15-17,21-22,24-28,31,33-34,36,38H,12-14,18-20,23,45H2,1-11H3/t25-,26-,27+,28+,31-,33-,34+,36?,38-,41-,42+,43-/m1/s1. The van der Waals surface area contributed by atoms with Gasteiger partial charge in [0.05, 0.1) is 30.0 Å². The van der Waals surface area contributed by atoms with Crippen molar-refractivity contribution in [1.82, 2.24) is 24.8 Å². The molecule has 0 bridgehead atoms. The Morgan fingerprint density at radius 2 is 1.73 bits per heavy atom. The molecule has 3 saturated heterocycles. The third-order valence-electron chi connectivity index (χ3n) is 12.6. The van der Waals surface area contributed by atoms with Gasteiger partial charge in [-0.15, -0.1) is 5.10 Å². The molecule has 1 aromatic heterocycles. The van der Waals surface area contributed by atoms with Crippen molar-refractivity contribution in [3.05, 3.63) is 36.9 Å². The van der Waals surface area contributed by atoms with Crippen LogP contribution in [0.25, 0.3) is 11.3 Å². The van der Waals surface area contributed by atoms with Crippen molar-refractivity contribution >= 4 is 29.3 Å². The molecule has 59 heavy (non-hydrogen) atoms. The van der Waals surface area contributed by atoms with Gasteiger partial charge >= 0.3 is 12.1 Å². The Labute approximate surface area is 347 Å². The van der Waals surface area contributed by atoms with Crippen LogP contribution in [-0.4, -0.2) is 130 Å². The highest BCUT2D eigenvalue weighted by Crippen LogP contribution is 2.43. The van der Waals surface area contributed by atoms with E-state index in [9.17, 15) is 19.2 Å². The number of ketones is 2. The smallest absolute Gasteiger partial charge is 0.410 e. The molecule has 1 aromatic carbocycles. The minimum Gasteiger partial charge on any atom is -0.455 e. The van der Waals surface area contributed by atoms with E-state index >= 15 is 4.39 Å². The summed E-state index contributed by atoms with van der Waals surface area (Å²) in [5, 5.41) is 8.52. The molecule has 3 aliphatic rings. The maximum absolute atomic E-state index is 16.9. The van der Waals surface area contributed by atoms with Gasteiger partial charge in [0.25, 0.3) is 5.67 Å². The summed E-state index contributed by atoms with van der Waals surface area (Å²) in [6, 6.07) is 6.43. The molecular formula is C43H64FN6O9. The fourth-order valence-corrected chi connectivity index (χ4v) is 9.24. The van der Waals surface area contributed by atoms with E-state index in [0.29, 0.717) is 37.2 Å². The summed E-state index contributed by atoms with van der Waals surface area (Å²) >= 11 is 0. The first-order chi connectivity index (χ1) is 27.7. The van der Waals surface area contributed by atoms with E-state index in [2.05, 4.69) is 10.3 Å². The van der Waals surface area contributed by atoms with Gasteiger partial charge in [-0.05, 0) is 86.0 Å². The van der Waals surface area contributed by atoms with Crippen LogP contribution in [0.3, 0.4) is 0 Å². The number of fused-ring (bicyclic) bond motifs is 1. The highest BCUT2D eigenvalue weighted by molar-refractivity contribution is 6.08. The van der Waals surface area contributed by atoms with Crippen molar-refractivity contribution in [2.45, 2.75) is 148 Å². The summed E-state index contributed by atoms with van der Waals surface area (Å²) in [7, 11) is 5.32. The van der Waals surface area contributed by atoms with Gasteiger partial charge in [-0.2, -0.15) is 0 Å². The average molecular weight is 828 g/mol. The van der Waals surface area contributed by atoms with Crippen LogP contribution in [0.4, 0.5) is 14.9 Å². The van der Waals surface area contributed by atoms with Gasteiger partial charge in [0.15, 0.2) is 17.7 Å². The number of alkyl halides is 1. The summed E-state index contributed by atoms with van der Waals surface area (Å²) in [6.07, 6.45) is 1.51. The van der Waals surface area contributed by atoms with Crippen molar-refractivity contribution < 1.29 is 47.3 Å². The molecule has 16 heteroatoms. The molecular weight excluding hydrogens is 764 g/mol. The predicted molar refractivity (Wildman–Crippen MR) is 217 cm³/mol. The Kier molecular flexibility index (Phi) is 14.3. The number of nitrogen functional groups attached to an aromatic ring is 1. The zero-order valence-electron chi connectivity index (χ0n) is 36.5. The number of anilines is 1. The summed E-state index contributed by atoms with van der Waals surface area (Å²) in [6.45, 7) is 13.5. The number of hydrogen-bond donors (Lipinski definition) is 1. The van der Waals surface area contributed by atoms with Crippen LogP contribution in [0.15, 0.2) is 30.5 Å². The average Bonchev–Trinajstić information content (AvgIpc) is 3.77. The molecule has 0 spiro atoms. The van der Waals surface area contributed by atoms with Gasteiger partial charge in [0.2, 0.25) is 0 Å². The number of carbonyl (C=O) groups excluding carboxylic acids is 4. The number of rotatable bonds is 11. The summed E-state index contributed by atoms with van der Waals surface area (Å²) < 4.78 is 49.4. The number of methoxy groups -OCH3 is 1. The number of nitrogens with zero attached hydrogens (tertiary/aromatic N) is 5. The Balaban J connectivity index is 1.44. The van der Waals surface area contributed by atoms with Crippen molar-refractivity contribution in [1.29, 1.82) is 0 Å². The zero-order valence-corrected chi connectivity index (χ0v) is 36.5. The molecule has 3 aliphatic heterocycles. The molecule has 5 rings (SSSR count). The van der Waals surface area contributed by atoms with Crippen LogP contribution in [0.5, 0.6) is 0 Å². The van der Waals surface area contributed by atoms with Gasteiger partial charge in [0, 0.05) is 61.7 Å². The van der Waals surface area contributed by atoms with Gasteiger partial charge < -0.3 is 39.2 Å². The molecule has 1 amide bonds. The normalized spacial score (nSPS) is 36.3. The van der Waals surface area contributed by atoms with Crippen molar-refractivity contribution in [3.8, 4) is 11.3 Å². The van der Waals surface area contributed by atoms with E-state index in [-0.39, 0.29) is 37.3 Å². The lowest BCUT2D eigenvalue weighted by Crippen LogP contribution is -2.60. The lowest BCUT2D eigenvalue weighted by atomic mass is 9.73. The Hall–Kier alpha value is -3.99. The molecule has 0 aliphatic carbocycles. The first kappa shape index (κ1) is 46.1. The maximum atomic E-state index is 16.9. The minimum atomic E-state index is -3.13. The summed E-state index contributed by atoms with van der Waals surface area (Å²) in [5.74, 6) is -5.49. The fourth-order valence-electron chi connectivity index (χ4n) is 9.24. The number of ether oxygens (including phenoxy) is 5. The molecule has 4 heterocycles. The number of benzene rings is 1. The molecule has 2 N–H and O–H groups in total. The topological polar surface area (TPSA) is 178 Å². The molecule has 1 unspecified atom stereocenters. The molecule has 3 fully saturated rings. The second kappa shape index (κ2) is 18.3. The van der Waals surface area contributed by atoms with Gasteiger partial charge in [0.1, 0.15) is 17.6 Å². The van der Waals surface area contributed by atoms with Gasteiger partial charge in [-0.25, -0.2) is 14.0 Å². The first-order valence-electron chi connectivity index (χ1n) is 20.8. The van der Waals surface area contributed by atoms with Crippen LogP contribution in [0, 0.1) is 24.2 Å². The first-order valence-corrected chi connectivity index (χ1v) is 20.8. The number of cyclic esters (lactones) is 1. The van der Waals surface area contributed by atoms with Gasteiger partial charge in [-0.3, -0.25) is 14.3 Å². The Morgan fingerprint density at radius 3 is 2.37 bits per heavy atom. The van der Waals surface area contributed by atoms with Crippen molar-refractivity contribution in [2.75, 3.05) is 33.5 Å². The molecule has 0 saturated carbocycles. The van der Waals surface area contributed by atoms with E-state index in [0.717, 1.165) is 12.5 Å². The van der Waals surface area contributed by atoms with Crippen LogP contribution >= 0.6 is 0 Å². The van der Waals surface area contributed by atoms with Crippen LogP contribution in [0.1, 0.15) is 87.5 Å². The number of halogens is 1. The number of aromatic nitrogens is 3. The molecule has 12 atom stereocenters. The SMILES string of the molecule is CC[C@H]1OC(=O)[C@@](C)(F)C(=O)[C@H](C)[C@@H](O[C@H]2[CH][C@H](N(C)C)C[C@@H](C)O2)[C@](C)(OC)C[C@@H](C)C(=O)[C@H](C)C2N(CCCCn3cc(-c4cccc(N)c4)nn3)C(=O)O[C@@]21C. The fraction of sp³-hybridized carbons (Fsp3) is 0.698. The molecule has 327 valence electrons. The van der Waals surface area contributed by atoms with Crippen molar-refractivity contribution in [3.63, 3.8) is 0 Å². The number of nitrogens with two attached hydrogens (primary N) is 1. The number of hydrogen-bond acceptors (Lipinski definition) is 13. The molecule has 1 radical (unpaired) electrons. The lowest BCUT2D eigenvalue weighted by Gasteiger charge is -2.46. The largest absolute Gasteiger partial charge is 0.455 e. The summed E-state index contributed by atoms with van der Waals surface area (Å²) in [4.78, 5) is 60.2. The molecule has 2 aromatic rings.